The van der Waals surface area contributed by atoms with Crippen molar-refractivity contribution in [1.82, 2.24) is 15.6 Å². The Kier molecular flexibility index (Phi) is 10.7. The minimum Gasteiger partial charge on any atom is -0.484 e. The minimum atomic E-state index is -0.627. The Balaban J connectivity index is 1.42. The van der Waals surface area contributed by atoms with Gasteiger partial charge in [0.2, 0.25) is 0 Å². The minimum absolute atomic E-state index is 0.0258. The third-order valence-corrected chi connectivity index (χ3v) is 6.13. The van der Waals surface area contributed by atoms with E-state index in [-0.39, 0.29) is 29.8 Å². The SMILES string of the molecule is C=C(CCNC(=O)COc1ccc(Cl)c(F)c1)NC(=O)c1cccc(CN(N)/C2=C/C/C(N)=C/CCC2)c1. The van der Waals surface area contributed by atoms with Gasteiger partial charge in [-0.05, 0) is 49.1 Å². The second-order valence-corrected chi connectivity index (χ2v) is 9.33. The molecule has 0 spiro atoms. The van der Waals surface area contributed by atoms with Crippen LogP contribution in [-0.4, -0.2) is 30.0 Å². The van der Waals surface area contributed by atoms with Crippen LogP contribution in [0.25, 0.3) is 0 Å². The molecule has 10 heteroatoms. The number of nitrogens with zero attached hydrogens (tertiary/aromatic N) is 1. The fourth-order valence-corrected chi connectivity index (χ4v) is 3.89. The van der Waals surface area contributed by atoms with E-state index in [1.807, 2.05) is 12.1 Å². The maximum atomic E-state index is 13.4. The molecular formula is C28H33ClFN5O3. The van der Waals surface area contributed by atoms with Crippen molar-refractivity contribution in [3.05, 3.63) is 100 Å². The Bertz CT molecular complexity index is 1230. The average molecular weight is 542 g/mol. The average Bonchev–Trinajstić information content (AvgIpc) is 2.87. The second kappa shape index (κ2) is 14.2. The summed E-state index contributed by atoms with van der Waals surface area (Å²) in [6.45, 7) is 4.27. The highest BCUT2D eigenvalue weighted by Gasteiger charge is 2.12. The zero-order valence-electron chi connectivity index (χ0n) is 21.1. The van der Waals surface area contributed by atoms with Crippen LogP contribution in [0.5, 0.6) is 5.75 Å². The quantitative estimate of drug-likeness (QED) is 0.249. The molecule has 2 aromatic carbocycles. The maximum absolute atomic E-state index is 13.4. The monoisotopic (exact) mass is 541 g/mol. The van der Waals surface area contributed by atoms with Gasteiger partial charge in [-0.15, -0.1) is 0 Å². The van der Waals surface area contributed by atoms with Crippen LogP contribution in [0.1, 0.15) is 48.0 Å². The van der Waals surface area contributed by atoms with Gasteiger partial charge >= 0.3 is 0 Å². The Morgan fingerprint density at radius 1 is 1.18 bits per heavy atom. The fourth-order valence-electron chi connectivity index (χ4n) is 3.78. The lowest BCUT2D eigenvalue weighted by Gasteiger charge is -2.23. The molecule has 1 aliphatic rings. The van der Waals surface area contributed by atoms with Crippen molar-refractivity contribution in [2.75, 3.05) is 13.2 Å². The molecule has 0 saturated heterocycles. The lowest BCUT2D eigenvalue weighted by Crippen LogP contribution is -2.32. The molecule has 0 bridgehead atoms. The molecule has 38 heavy (non-hydrogen) atoms. The standard InChI is InChI=1S/C28H33ClFN5O3/c1-19(13-14-33-27(36)18-38-24-11-12-25(29)26(30)16-24)34-28(37)21-6-4-5-20(15-21)17-35(32)23-8-3-2-7-22(31)9-10-23/h4-7,10-12,15-16H,1-3,8-9,13-14,17-18,31-32H2,(H,33,36)(H,34,37)/b22-7-,23-10+. The number of rotatable bonds is 11. The van der Waals surface area contributed by atoms with Crippen LogP contribution in [-0.2, 0) is 11.3 Å². The summed E-state index contributed by atoms with van der Waals surface area (Å²) in [5.41, 5.74) is 9.66. The van der Waals surface area contributed by atoms with E-state index in [2.05, 4.69) is 23.3 Å². The lowest BCUT2D eigenvalue weighted by molar-refractivity contribution is -0.123. The van der Waals surface area contributed by atoms with Crippen LogP contribution in [0.3, 0.4) is 0 Å². The molecule has 1 aliphatic carbocycles. The maximum Gasteiger partial charge on any atom is 0.257 e. The summed E-state index contributed by atoms with van der Waals surface area (Å²) in [5.74, 6) is 5.20. The van der Waals surface area contributed by atoms with Gasteiger partial charge in [0, 0.05) is 48.1 Å². The summed E-state index contributed by atoms with van der Waals surface area (Å²) >= 11 is 5.62. The van der Waals surface area contributed by atoms with Gasteiger partial charge in [0.15, 0.2) is 6.61 Å². The molecule has 6 N–H and O–H groups in total. The van der Waals surface area contributed by atoms with Crippen LogP contribution in [0.4, 0.5) is 4.39 Å². The summed E-state index contributed by atoms with van der Waals surface area (Å²) in [6, 6.07) is 11.2. The Morgan fingerprint density at radius 2 is 2.00 bits per heavy atom. The van der Waals surface area contributed by atoms with Crippen molar-refractivity contribution >= 4 is 23.4 Å². The number of nitrogens with one attached hydrogen (secondary N) is 2. The second-order valence-electron chi connectivity index (χ2n) is 8.92. The summed E-state index contributed by atoms with van der Waals surface area (Å²) in [4.78, 5) is 24.7. The number of carbonyl (C=O) groups excluding carboxylic acids is 2. The van der Waals surface area contributed by atoms with Crippen molar-refractivity contribution in [1.29, 1.82) is 0 Å². The first kappa shape index (κ1) is 28.7. The summed E-state index contributed by atoms with van der Waals surface area (Å²) in [7, 11) is 0. The van der Waals surface area contributed by atoms with Gasteiger partial charge in [-0.2, -0.15) is 0 Å². The molecule has 0 aliphatic heterocycles. The number of hydrogen-bond donors (Lipinski definition) is 4. The molecule has 0 radical (unpaired) electrons. The number of hydrazine groups is 1. The normalized spacial score (nSPS) is 16.1. The number of ether oxygens (including phenoxy) is 1. The van der Waals surface area contributed by atoms with E-state index in [1.165, 1.54) is 12.1 Å². The molecule has 202 valence electrons. The number of nitrogens with two attached hydrogens (primary N) is 2. The Labute approximate surface area is 227 Å². The van der Waals surface area contributed by atoms with E-state index < -0.39 is 11.7 Å². The Hall–Kier alpha value is -3.82. The summed E-state index contributed by atoms with van der Waals surface area (Å²) in [5, 5.41) is 7.09. The first-order chi connectivity index (χ1) is 18.2. The van der Waals surface area contributed by atoms with Gasteiger partial charge in [-0.1, -0.05) is 42.5 Å². The highest BCUT2D eigenvalue weighted by Crippen LogP contribution is 2.20. The summed E-state index contributed by atoms with van der Waals surface area (Å²) < 4.78 is 18.7. The number of halogens is 2. The van der Waals surface area contributed by atoms with Crippen LogP contribution < -0.4 is 26.9 Å². The molecular weight excluding hydrogens is 509 g/mol. The molecule has 8 nitrogen and oxygen atoms in total. The number of carbonyl (C=O) groups is 2. The van der Waals surface area contributed by atoms with Gasteiger partial charge < -0.3 is 26.1 Å². The van der Waals surface area contributed by atoms with Crippen molar-refractivity contribution in [2.24, 2.45) is 11.6 Å². The predicted octanol–water partition coefficient (Wildman–Crippen LogP) is 4.28. The zero-order chi connectivity index (χ0) is 27.5. The third-order valence-electron chi connectivity index (χ3n) is 5.83. The topological polar surface area (TPSA) is 123 Å². The summed E-state index contributed by atoms with van der Waals surface area (Å²) in [6.07, 6.45) is 7.87. The number of benzene rings is 2. The van der Waals surface area contributed by atoms with Gasteiger partial charge in [0.1, 0.15) is 11.6 Å². The third kappa shape index (κ3) is 9.24. The van der Waals surface area contributed by atoms with Crippen molar-refractivity contribution in [3.63, 3.8) is 0 Å². The van der Waals surface area contributed by atoms with Gasteiger partial charge in [-0.3, -0.25) is 9.59 Å². The van der Waals surface area contributed by atoms with E-state index in [9.17, 15) is 14.0 Å². The van der Waals surface area contributed by atoms with Crippen molar-refractivity contribution in [3.8, 4) is 5.75 Å². The molecule has 0 atom stereocenters. The molecule has 2 aromatic rings. The van der Waals surface area contributed by atoms with Crippen LogP contribution in [0.15, 0.2) is 78.3 Å². The van der Waals surface area contributed by atoms with Crippen LogP contribution in [0, 0.1) is 5.82 Å². The van der Waals surface area contributed by atoms with Gasteiger partial charge in [0.25, 0.3) is 11.8 Å². The smallest absolute Gasteiger partial charge is 0.257 e. The molecule has 0 saturated carbocycles. The van der Waals surface area contributed by atoms with E-state index in [1.54, 1.807) is 23.2 Å². The molecule has 3 rings (SSSR count). The van der Waals surface area contributed by atoms with E-state index in [0.717, 1.165) is 42.3 Å². The number of amides is 2. The van der Waals surface area contributed by atoms with Crippen molar-refractivity contribution in [2.45, 2.75) is 38.6 Å². The zero-order valence-corrected chi connectivity index (χ0v) is 21.9. The number of allylic oxidation sites excluding steroid dienone is 3. The predicted molar refractivity (Wildman–Crippen MR) is 146 cm³/mol. The molecule has 0 aromatic heterocycles. The first-order valence-electron chi connectivity index (χ1n) is 12.3. The highest BCUT2D eigenvalue weighted by atomic mass is 35.5. The van der Waals surface area contributed by atoms with Crippen LogP contribution >= 0.6 is 11.6 Å². The fraction of sp³-hybridized carbons (Fsp3) is 0.286. The Morgan fingerprint density at radius 3 is 2.79 bits per heavy atom. The van der Waals surface area contributed by atoms with E-state index in [0.29, 0.717) is 30.6 Å². The van der Waals surface area contributed by atoms with Gasteiger partial charge in [-0.25, -0.2) is 10.2 Å². The number of hydrogen-bond acceptors (Lipinski definition) is 6. The molecule has 0 unspecified atom stereocenters. The van der Waals surface area contributed by atoms with Crippen molar-refractivity contribution < 1.29 is 18.7 Å². The molecule has 0 heterocycles. The molecule has 0 fully saturated rings. The van der Waals surface area contributed by atoms with Gasteiger partial charge in [0.05, 0.1) is 11.6 Å². The lowest BCUT2D eigenvalue weighted by atomic mass is 10.1. The van der Waals surface area contributed by atoms with Crippen LogP contribution in [0.2, 0.25) is 5.02 Å². The first-order valence-corrected chi connectivity index (χ1v) is 12.7. The van der Waals surface area contributed by atoms with E-state index in [4.69, 9.17) is 27.9 Å². The molecule has 2 amide bonds. The highest BCUT2D eigenvalue weighted by molar-refractivity contribution is 6.30. The van der Waals surface area contributed by atoms with E-state index >= 15 is 0 Å². The largest absolute Gasteiger partial charge is 0.484 e.